The average molecular weight is 332 g/mol. The van der Waals surface area contributed by atoms with Crippen LogP contribution in [-0.4, -0.2) is 39.6 Å². The Hall–Kier alpha value is -2.22. The number of anilines is 3. The Balaban J connectivity index is 1.98. The van der Waals surface area contributed by atoms with Gasteiger partial charge >= 0.3 is 0 Å². The summed E-state index contributed by atoms with van der Waals surface area (Å²) in [6, 6.07) is 4.02. The molecule has 0 aliphatic carbocycles. The third-order valence-electron chi connectivity index (χ3n) is 3.74. The summed E-state index contributed by atoms with van der Waals surface area (Å²) in [6.07, 6.45) is 3.82. The molecule has 0 unspecified atom stereocenters. The van der Waals surface area contributed by atoms with Gasteiger partial charge in [0, 0.05) is 12.2 Å². The highest BCUT2D eigenvalue weighted by molar-refractivity contribution is 7.99. The highest BCUT2D eigenvalue weighted by atomic mass is 32.2. The Morgan fingerprint density at radius 3 is 2.78 bits per heavy atom. The zero-order chi connectivity index (χ0) is 16.2. The second-order valence-corrected chi connectivity index (χ2v) is 6.51. The number of aromatic nitrogens is 3. The first-order chi connectivity index (χ1) is 11.2. The predicted molar refractivity (Wildman–Crippen MR) is 94.6 cm³/mol. The molecule has 0 saturated carbocycles. The summed E-state index contributed by atoms with van der Waals surface area (Å²) in [5.74, 6) is 3.49. The van der Waals surface area contributed by atoms with Crippen molar-refractivity contribution < 1.29 is 4.74 Å². The lowest BCUT2D eigenvalue weighted by atomic mass is 10.1. The van der Waals surface area contributed by atoms with E-state index >= 15 is 0 Å². The third-order valence-corrected chi connectivity index (χ3v) is 4.79. The Morgan fingerprint density at radius 1 is 1.26 bits per heavy atom. The summed E-state index contributed by atoms with van der Waals surface area (Å²) in [4.78, 5) is 12.7. The zero-order valence-electron chi connectivity index (χ0n) is 13.0. The molecule has 2 aromatic heterocycles. The first-order valence-corrected chi connectivity index (χ1v) is 8.61. The van der Waals surface area contributed by atoms with Gasteiger partial charge < -0.3 is 21.5 Å². The maximum absolute atomic E-state index is 6.29. The van der Waals surface area contributed by atoms with Crippen LogP contribution in [0.2, 0.25) is 0 Å². The van der Waals surface area contributed by atoms with Crippen LogP contribution < -0.4 is 21.5 Å². The minimum Gasteiger partial charge on any atom is -0.481 e. The van der Waals surface area contributed by atoms with Crippen molar-refractivity contribution in [2.45, 2.75) is 18.9 Å². The molecule has 0 aromatic carbocycles. The first-order valence-electron chi connectivity index (χ1n) is 7.45. The van der Waals surface area contributed by atoms with Crippen LogP contribution in [0.4, 0.5) is 17.5 Å². The fraction of sp³-hybridized carbons (Fsp3) is 0.400. The van der Waals surface area contributed by atoms with Crippen LogP contribution in [0.3, 0.4) is 0 Å². The number of ether oxygens (including phenoxy) is 1. The highest BCUT2D eigenvalue weighted by Gasteiger charge is 2.20. The van der Waals surface area contributed by atoms with Gasteiger partial charge in [0.05, 0.1) is 12.7 Å². The van der Waals surface area contributed by atoms with Crippen molar-refractivity contribution in [3.05, 3.63) is 18.3 Å². The van der Waals surface area contributed by atoms with E-state index in [2.05, 4.69) is 20.3 Å². The van der Waals surface area contributed by atoms with Crippen LogP contribution in [0.5, 0.6) is 5.88 Å². The molecule has 23 heavy (non-hydrogen) atoms. The van der Waals surface area contributed by atoms with Crippen LogP contribution in [0.1, 0.15) is 12.8 Å². The molecular formula is C15H20N6OS. The van der Waals surface area contributed by atoms with E-state index in [1.54, 1.807) is 19.4 Å². The molecule has 1 aliphatic heterocycles. The quantitative estimate of drug-likeness (QED) is 0.779. The summed E-state index contributed by atoms with van der Waals surface area (Å²) in [5, 5.41) is 3.41. The Bertz CT molecular complexity index is 690. The molecule has 1 saturated heterocycles. The van der Waals surface area contributed by atoms with Gasteiger partial charge in [-0.2, -0.15) is 16.7 Å². The molecule has 0 bridgehead atoms. The minimum absolute atomic E-state index is 0.174. The van der Waals surface area contributed by atoms with E-state index in [9.17, 15) is 0 Å². The molecule has 1 aliphatic rings. The van der Waals surface area contributed by atoms with Gasteiger partial charge in [0.25, 0.3) is 0 Å². The fourth-order valence-corrected chi connectivity index (χ4v) is 3.68. The average Bonchev–Trinajstić information content (AvgIpc) is 2.58. The number of hydrogen-bond donors (Lipinski definition) is 3. The number of methoxy groups -OCH3 is 1. The predicted octanol–water partition coefficient (Wildman–Crippen LogP) is 2.02. The maximum Gasteiger partial charge on any atom is 0.222 e. The van der Waals surface area contributed by atoms with Crippen molar-refractivity contribution in [1.82, 2.24) is 15.0 Å². The number of hydrogen-bond acceptors (Lipinski definition) is 8. The van der Waals surface area contributed by atoms with Crippen LogP contribution >= 0.6 is 11.8 Å². The molecule has 2 aromatic rings. The van der Waals surface area contributed by atoms with Gasteiger partial charge in [0.2, 0.25) is 11.8 Å². The maximum atomic E-state index is 6.29. The van der Waals surface area contributed by atoms with Gasteiger partial charge in [0.1, 0.15) is 11.4 Å². The lowest BCUT2D eigenvalue weighted by Gasteiger charge is -2.24. The summed E-state index contributed by atoms with van der Waals surface area (Å²) in [5.41, 5.74) is 13.9. The lowest BCUT2D eigenvalue weighted by molar-refractivity contribution is 0.399. The van der Waals surface area contributed by atoms with E-state index in [1.165, 1.54) is 0 Å². The second-order valence-electron chi connectivity index (χ2n) is 5.28. The molecule has 0 radical (unpaired) electrons. The Labute approximate surface area is 139 Å². The lowest BCUT2D eigenvalue weighted by Crippen LogP contribution is -2.26. The normalized spacial score (nSPS) is 15.3. The molecule has 0 amide bonds. The molecule has 3 heterocycles. The van der Waals surface area contributed by atoms with Crippen LogP contribution in [-0.2, 0) is 0 Å². The fourth-order valence-electron chi connectivity index (χ4n) is 2.57. The van der Waals surface area contributed by atoms with E-state index in [0.717, 1.165) is 24.3 Å². The molecule has 1 fully saturated rings. The van der Waals surface area contributed by atoms with E-state index in [0.29, 0.717) is 34.7 Å². The van der Waals surface area contributed by atoms with Crippen molar-refractivity contribution in [3.8, 4) is 17.1 Å². The number of nitrogen functional groups attached to an aromatic ring is 2. The summed E-state index contributed by atoms with van der Waals surface area (Å²) < 4.78 is 5.29. The molecule has 0 atom stereocenters. The molecule has 5 N–H and O–H groups in total. The third kappa shape index (κ3) is 3.42. The molecule has 0 spiro atoms. The van der Waals surface area contributed by atoms with Crippen LogP contribution in [0.25, 0.3) is 11.3 Å². The standard InChI is InChI=1S/C15H20N6OS/c1-22-14-10(3-2-6-18-14)12-11(16)13(21-15(17)20-12)19-9-4-7-23-8-5-9/h2-3,6,9H,4-5,7-8,16H2,1H3,(H3,17,19,20,21). The van der Waals surface area contributed by atoms with Crippen molar-refractivity contribution in [2.75, 3.05) is 35.4 Å². The topological polar surface area (TPSA) is 112 Å². The van der Waals surface area contributed by atoms with Crippen molar-refractivity contribution in [3.63, 3.8) is 0 Å². The highest BCUT2D eigenvalue weighted by Crippen LogP contribution is 2.35. The molecule has 122 valence electrons. The number of rotatable bonds is 4. The summed E-state index contributed by atoms with van der Waals surface area (Å²) >= 11 is 1.97. The van der Waals surface area contributed by atoms with E-state index in [-0.39, 0.29) is 5.95 Å². The largest absolute Gasteiger partial charge is 0.481 e. The van der Waals surface area contributed by atoms with Gasteiger partial charge in [-0.25, -0.2) is 9.97 Å². The van der Waals surface area contributed by atoms with Crippen LogP contribution in [0, 0.1) is 0 Å². The van der Waals surface area contributed by atoms with Crippen molar-refractivity contribution in [1.29, 1.82) is 0 Å². The summed E-state index contributed by atoms with van der Waals surface area (Å²) in [6.45, 7) is 0. The van der Waals surface area contributed by atoms with Crippen molar-refractivity contribution >= 4 is 29.2 Å². The molecular weight excluding hydrogens is 312 g/mol. The number of pyridine rings is 1. The van der Waals surface area contributed by atoms with Gasteiger partial charge in [-0.05, 0) is 36.5 Å². The smallest absolute Gasteiger partial charge is 0.222 e. The number of nitrogens with two attached hydrogens (primary N) is 2. The zero-order valence-corrected chi connectivity index (χ0v) is 13.8. The van der Waals surface area contributed by atoms with Crippen LogP contribution in [0.15, 0.2) is 18.3 Å². The molecule has 7 nitrogen and oxygen atoms in total. The SMILES string of the molecule is COc1ncccc1-c1nc(N)nc(NC2CCSCC2)c1N. The minimum atomic E-state index is 0.174. The summed E-state index contributed by atoms with van der Waals surface area (Å²) in [7, 11) is 1.56. The Morgan fingerprint density at radius 2 is 2.04 bits per heavy atom. The van der Waals surface area contributed by atoms with Gasteiger partial charge in [-0.15, -0.1) is 0 Å². The number of thioether (sulfide) groups is 1. The van der Waals surface area contributed by atoms with Gasteiger partial charge in [-0.3, -0.25) is 0 Å². The molecule has 3 rings (SSSR count). The first kappa shape index (κ1) is 15.7. The van der Waals surface area contributed by atoms with E-state index < -0.39 is 0 Å². The van der Waals surface area contributed by atoms with Gasteiger partial charge in [-0.1, -0.05) is 0 Å². The second kappa shape index (κ2) is 6.91. The monoisotopic (exact) mass is 332 g/mol. The Kier molecular flexibility index (Phi) is 4.71. The van der Waals surface area contributed by atoms with Crippen molar-refractivity contribution in [2.24, 2.45) is 0 Å². The number of nitrogens with zero attached hydrogens (tertiary/aromatic N) is 3. The number of nitrogens with one attached hydrogen (secondary N) is 1. The molecule has 8 heteroatoms. The van der Waals surface area contributed by atoms with E-state index in [4.69, 9.17) is 16.2 Å². The van der Waals surface area contributed by atoms with E-state index in [1.807, 2.05) is 17.8 Å². The van der Waals surface area contributed by atoms with Gasteiger partial charge in [0.15, 0.2) is 5.82 Å².